The number of rotatable bonds is 7. The number of anilines is 1. The lowest BCUT2D eigenvalue weighted by atomic mass is 10.0. The van der Waals surface area contributed by atoms with Gasteiger partial charge in [-0.15, -0.1) is 0 Å². The standard InChI is InChI=1S/C17H30N4/c1-6-14(7-2)12-19-17(18-3)20-13-15-8-10-16(11-9-15)21(4)5/h8-11,14H,6-7,12-13H2,1-5H3,(H2,18,19,20). The number of benzene rings is 1. The fourth-order valence-electron chi connectivity index (χ4n) is 2.14. The van der Waals surface area contributed by atoms with E-state index in [0.717, 1.165) is 19.0 Å². The third-order valence-corrected chi connectivity index (χ3v) is 3.85. The molecule has 1 aromatic carbocycles. The molecule has 0 bridgehead atoms. The van der Waals surface area contributed by atoms with Crippen molar-refractivity contribution in [2.24, 2.45) is 10.9 Å². The summed E-state index contributed by atoms with van der Waals surface area (Å²) in [5.74, 6) is 1.58. The number of aliphatic imine (C=N–C) groups is 1. The van der Waals surface area contributed by atoms with Gasteiger partial charge in [0.2, 0.25) is 0 Å². The summed E-state index contributed by atoms with van der Waals surface area (Å²) in [5.41, 5.74) is 2.47. The summed E-state index contributed by atoms with van der Waals surface area (Å²) in [5, 5.41) is 6.77. The monoisotopic (exact) mass is 290 g/mol. The first-order valence-corrected chi connectivity index (χ1v) is 7.81. The number of nitrogens with zero attached hydrogens (tertiary/aromatic N) is 2. The van der Waals surface area contributed by atoms with Crippen molar-refractivity contribution in [2.75, 3.05) is 32.6 Å². The molecule has 0 atom stereocenters. The average molecular weight is 290 g/mol. The minimum absolute atomic E-state index is 0.711. The summed E-state index contributed by atoms with van der Waals surface area (Å²) in [6.07, 6.45) is 2.40. The molecule has 4 nitrogen and oxygen atoms in total. The summed E-state index contributed by atoms with van der Waals surface area (Å²) >= 11 is 0. The highest BCUT2D eigenvalue weighted by atomic mass is 15.2. The van der Waals surface area contributed by atoms with E-state index in [1.54, 1.807) is 0 Å². The zero-order valence-electron chi connectivity index (χ0n) is 14.1. The van der Waals surface area contributed by atoms with Crippen molar-refractivity contribution in [1.29, 1.82) is 0 Å². The average Bonchev–Trinajstić information content (AvgIpc) is 2.51. The van der Waals surface area contributed by atoms with E-state index in [9.17, 15) is 0 Å². The van der Waals surface area contributed by atoms with Crippen LogP contribution in [-0.2, 0) is 6.54 Å². The molecular formula is C17H30N4. The molecular weight excluding hydrogens is 260 g/mol. The molecule has 0 heterocycles. The van der Waals surface area contributed by atoms with Gasteiger partial charge in [0.05, 0.1) is 0 Å². The van der Waals surface area contributed by atoms with Crippen molar-refractivity contribution in [1.82, 2.24) is 10.6 Å². The third-order valence-electron chi connectivity index (χ3n) is 3.85. The molecule has 1 aromatic rings. The number of hydrogen-bond acceptors (Lipinski definition) is 2. The predicted molar refractivity (Wildman–Crippen MR) is 93.0 cm³/mol. The lowest BCUT2D eigenvalue weighted by Gasteiger charge is -2.17. The molecule has 0 fully saturated rings. The fraction of sp³-hybridized carbons (Fsp3) is 0.588. The van der Waals surface area contributed by atoms with Gasteiger partial charge in [-0.3, -0.25) is 4.99 Å². The Hall–Kier alpha value is -1.71. The molecule has 1 rings (SSSR count). The molecule has 0 amide bonds. The summed E-state index contributed by atoms with van der Waals surface area (Å²) in [6, 6.07) is 8.57. The first-order chi connectivity index (χ1) is 10.1. The van der Waals surface area contributed by atoms with E-state index >= 15 is 0 Å². The lowest BCUT2D eigenvalue weighted by molar-refractivity contribution is 0.481. The van der Waals surface area contributed by atoms with Crippen LogP contribution in [0.3, 0.4) is 0 Å². The largest absolute Gasteiger partial charge is 0.378 e. The van der Waals surface area contributed by atoms with Crippen molar-refractivity contribution >= 4 is 11.6 Å². The summed E-state index contributed by atoms with van der Waals surface area (Å²) in [7, 11) is 5.92. The van der Waals surface area contributed by atoms with Crippen molar-refractivity contribution in [3.63, 3.8) is 0 Å². The van der Waals surface area contributed by atoms with Crippen LogP contribution < -0.4 is 15.5 Å². The maximum Gasteiger partial charge on any atom is 0.191 e. The SMILES string of the molecule is CCC(CC)CNC(=NC)NCc1ccc(N(C)C)cc1. The smallest absolute Gasteiger partial charge is 0.191 e. The number of guanidine groups is 1. The van der Waals surface area contributed by atoms with Crippen LogP contribution in [0, 0.1) is 5.92 Å². The first-order valence-electron chi connectivity index (χ1n) is 7.81. The van der Waals surface area contributed by atoms with E-state index in [1.165, 1.54) is 24.1 Å². The lowest BCUT2D eigenvalue weighted by Crippen LogP contribution is -2.39. The second-order valence-corrected chi connectivity index (χ2v) is 5.55. The van der Waals surface area contributed by atoms with E-state index in [-0.39, 0.29) is 0 Å². The molecule has 21 heavy (non-hydrogen) atoms. The van der Waals surface area contributed by atoms with Gasteiger partial charge in [-0.05, 0) is 23.6 Å². The summed E-state index contributed by atoms with van der Waals surface area (Å²) in [4.78, 5) is 6.38. The van der Waals surface area contributed by atoms with Crippen molar-refractivity contribution in [3.05, 3.63) is 29.8 Å². The molecule has 0 aliphatic rings. The van der Waals surface area contributed by atoms with E-state index in [2.05, 4.69) is 72.7 Å². The van der Waals surface area contributed by atoms with Crippen LogP contribution in [-0.4, -0.2) is 33.6 Å². The Bertz CT molecular complexity index is 419. The van der Waals surface area contributed by atoms with Gasteiger partial charge in [-0.25, -0.2) is 0 Å². The summed E-state index contributed by atoms with van der Waals surface area (Å²) in [6.45, 7) is 6.24. The van der Waals surface area contributed by atoms with Crippen LogP contribution in [0.4, 0.5) is 5.69 Å². The second kappa shape index (κ2) is 9.27. The highest BCUT2D eigenvalue weighted by Gasteiger charge is 2.05. The zero-order chi connectivity index (χ0) is 15.7. The molecule has 0 saturated heterocycles. The molecule has 0 radical (unpaired) electrons. The maximum absolute atomic E-state index is 4.28. The van der Waals surface area contributed by atoms with Crippen LogP contribution in [0.5, 0.6) is 0 Å². The normalized spacial score (nSPS) is 11.6. The Balaban J connectivity index is 2.44. The second-order valence-electron chi connectivity index (χ2n) is 5.55. The Morgan fingerprint density at radius 3 is 2.19 bits per heavy atom. The molecule has 0 aromatic heterocycles. The Kier molecular flexibility index (Phi) is 7.65. The topological polar surface area (TPSA) is 39.7 Å². The minimum atomic E-state index is 0.711. The Morgan fingerprint density at radius 2 is 1.71 bits per heavy atom. The van der Waals surface area contributed by atoms with Gasteiger partial charge >= 0.3 is 0 Å². The maximum atomic E-state index is 4.28. The first kappa shape index (κ1) is 17.3. The Labute approximate surface area is 129 Å². The molecule has 118 valence electrons. The highest BCUT2D eigenvalue weighted by Crippen LogP contribution is 2.12. The van der Waals surface area contributed by atoms with Gasteiger partial charge in [0.15, 0.2) is 5.96 Å². The van der Waals surface area contributed by atoms with Crippen LogP contribution >= 0.6 is 0 Å². The van der Waals surface area contributed by atoms with Crippen LogP contribution in [0.25, 0.3) is 0 Å². The van der Waals surface area contributed by atoms with Crippen LogP contribution in [0.2, 0.25) is 0 Å². The van der Waals surface area contributed by atoms with Gasteiger partial charge < -0.3 is 15.5 Å². The van der Waals surface area contributed by atoms with E-state index in [0.29, 0.717) is 5.92 Å². The number of hydrogen-bond donors (Lipinski definition) is 2. The van der Waals surface area contributed by atoms with Gasteiger partial charge in [-0.1, -0.05) is 38.8 Å². The molecule has 0 aliphatic carbocycles. The highest BCUT2D eigenvalue weighted by molar-refractivity contribution is 5.79. The fourth-order valence-corrected chi connectivity index (χ4v) is 2.14. The quantitative estimate of drug-likeness (QED) is 0.599. The summed E-state index contributed by atoms with van der Waals surface area (Å²) < 4.78 is 0. The zero-order valence-corrected chi connectivity index (χ0v) is 14.1. The van der Waals surface area contributed by atoms with Gasteiger partial charge in [-0.2, -0.15) is 0 Å². The minimum Gasteiger partial charge on any atom is -0.378 e. The van der Waals surface area contributed by atoms with Gasteiger partial charge in [0, 0.05) is 39.9 Å². The molecule has 0 unspecified atom stereocenters. The van der Waals surface area contributed by atoms with Crippen molar-refractivity contribution in [2.45, 2.75) is 33.2 Å². The van der Waals surface area contributed by atoms with Crippen molar-refractivity contribution < 1.29 is 0 Å². The number of nitrogens with one attached hydrogen (secondary N) is 2. The Morgan fingerprint density at radius 1 is 1.10 bits per heavy atom. The van der Waals surface area contributed by atoms with E-state index in [1.807, 2.05) is 7.05 Å². The molecule has 0 aliphatic heterocycles. The van der Waals surface area contributed by atoms with E-state index in [4.69, 9.17) is 0 Å². The van der Waals surface area contributed by atoms with Crippen LogP contribution in [0.1, 0.15) is 32.3 Å². The molecule has 0 spiro atoms. The van der Waals surface area contributed by atoms with Gasteiger partial charge in [0.1, 0.15) is 0 Å². The van der Waals surface area contributed by atoms with Crippen LogP contribution in [0.15, 0.2) is 29.3 Å². The third kappa shape index (κ3) is 6.06. The predicted octanol–water partition coefficient (Wildman–Crippen LogP) is 2.85. The molecule has 2 N–H and O–H groups in total. The van der Waals surface area contributed by atoms with E-state index < -0.39 is 0 Å². The molecule has 0 saturated carbocycles. The van der Waals surface area contributed by atoms with Gasteiger partial charge in [0.25, 0.3) is 0 Å². The van der Waals surface area contributed by atoms with Crippen molar-refractivity contribution in [3.8, 4) is 0 Å². The molecule has 4 heteroatoms.